The van der Waals surface area contributed by atoms with Gasteiger partial charge in [-0.3, -0.25) is 4.98 Å². The van der Waals surface area contributed by atoms with Crippen LogP contribution < -0.4 is 4.74 Å². The molecule has 0 bridgehead atoms. The van der Waals surface area contributed by atoms with E-state index in [0.29, 0.717) is 0 Å². The summed E-state index contributed by atoms with van der Waals surface area (Å²) in [4.78, 5) is 4.15. The van der Waals surface area contributed by atoms with Crippen LogP contribution in [0, 0.1) is 6.92 Å². The van der Waals surface area contributed by atoms with E-state index in [1.165, 1.54) is 0 Å². The third-order valence-corrected chi connectivity index (χ3v) is 2.14. The largest absolute Gasteiger partial charge is 0.496 e. The molecule has 2 nitrogen and oxygen atoms in total. The lowest BCUT2D eigenvalue weighted by Gasteiger charge is -2.06. The second kappa shape index (κ2) is 3.72. The van der Waals surface area contributed by atoms with Crippen LogP contribution in [-0.2, 0) is 5.33 Å². The molecule has 1 rings (SSSR count). The van der Waals surface area contributed by atoms with E-state index in [-0.39, 0.29) is 0 Å². The number of halogens is 1. The number of hydrogen-bond acceptors (Lipinski definition) is 2. The molecule has 0 spiro atoms. The van der Waals surface area contributed by atoms with Gasteiger partial charge in [-0.25, -0.2) is 0 Å². The van der Waals surface area contributed by atoms with Crippen LogP contribution in [-0.4, -0.2) is 12.1 Å². The maximum Gasteiger partial charge on any atom is 0.126 e. The molecule has 0 aliphatic rings. The van der Waals surface area contributed by atoms with Crippen LogP contribution in [0.25, 0.3) is 0 Å². The summed E-state index contributed by atoms with van der Waals surface area (Å²) in [6, 6.07) is 1.86. The molecule has 0 aliphatic heterocycles. The Labute approximate surface area is 74.7 Å². The van der Waals surface area contributed by atoms with Crippen LogP contribution in [0.3, 0.4) is 0 Å². The Morgan fingerprint density at radius 2 is 2.36 bits per heavy atom. The summed E-state index contributed by atoms with van der Waals surface area (Å²) in [6.45, 7) is 1.97. The van der Waals surface area contributed by atoms with Gasteiger partial charge >= 0.3 is 0 Å². The van der Waals surface area contributed by atoms with Gasteiger partial charge in [0, 0.05) is 22.8 Å². The minimum absolute atomic E-state index is 0.788. The van der Waals surface area contributed by atoms with Crippen molar-refractivity contribution >= 4 is 15.9 Å². The van der Waals surface area contributed by atoms with Crippen molar-refractivity contribution in [2.24, 2.45) is 0 Å². The molecular formula is C8H10BrNO. The van der Waals surface area contributed by atoms with Crippen molar-refractivity contribution in [2.45, 2.75) is 12.3 Å². The van der Waals surface area contributed by atoms with Crippen molar-refractivity contribution in [2.75, 3.05) is 7.11 Å². The van der Waals surface area contributed by atoms with Crippen molar-refractivity contribution in [3.05, 3.63) is 23.5 Å². The van der Waals surface area contributed by atoms with Crippen molar-refractivity contribution in [3.63, 3.8) is 0 Å². The maximum absolute atomic E-state index is 5.15. The van der Waals surface area contributed by atoms with Gasteiger partial charge in [-0.2, -0.15) is 0 Å². The van der Waals surface area contributed by atoms with Gasteiger partial charge in [0.1, 0.15) is 5.75 Å². The smallest absolute Gasteiger partial charge is 0.126 e. The Morgan fingerprint density at radius 1 is 1.64 bits per heavy atom. The van der Waals surface area contributed by atoms with Gasteiger partial charge in [0.15, 0.2) is 0 Å². The zero-order valence-corrected chi connectivity index (χ0v) is 8.18. The fourth-order valence-electron chi connectivity index (χ4n) is 0.927. The fraction of sp³-hybridized carbons (Fsp3) is 0.375. The Kier molecular flexibility index (Phi) is 2.88. The lowest BCUT2D eigenvalue weighted by Crippen LogP contribution is -1.94. The third-order valence-electron chi connectivity index (χ3n) is 1.58. The molecule has 0 unspecified atom stereocenters. The number of pyridine rings is 1. The minimum Gasteiger partial charge on any atom is -0.496 e. The first-order valence-corrected chi connectivity index (χ1v) is 4.46. The minimum atomic E-state index is 0.788. The highest BCUT2D eigenvalue weighted by Crippen LogP contribution is 2.21. The first kappa shape index (κ1) is 8.53. The Balaban J connectivity index is 3.13. The highest BCUT2D eigenvalue weighted by molar-refractivity contribution is 9.08. The molecule has 0 saturated carbocycles. The van der Waals surface area contributed by atoms with Crippen molar-refractivity contribution in [3.8, 4) is 5.75 Å². The van der Waals surface area contributed by atoms with Crippen LogP contribution in [0.5, 0.6) is 5.75 Å². The predicted molar refractivity (Wildman–Crippen MR) is 48.2 cm³/mol. The van der Waals surface area contributed by atoms with E-state index in [1.54, 1.807) is 13.3 Å². The first-order valence-electron chi connectivity index (χ1n) is 3.34. The van der Waals surface area contributed by atoms with Crippen molar-refractivity contribution in [1.82, 2.24) is 4.98 Å². The first-order chi connectivity index (χ1) is 5.29. The summed E-state index contributed by atoms with van der Waals surface area (Å²) in [6.07, 6.45) is 1.75. The number of ether oxygens (including phenoxy) is 1. The van der Waals surface area contributed by atoms with Gasteiger partial charge in [0.05, 0.1) is 7.11 Å². The zero-order chi connectivity index (χ0) is 8.27. The zero-order valence-electron chi connectivity index (χ0n) is 6.60. The molecule has 1 aromatic rings. The van der Waals surface area contributed by atoms with E-state index in [4.69, 9.17) is 4.74 Å². The van der Waals surface area contributed by atoms with Crippen LogP contribution in [0.1, 0.15) is 11.3 Å². The topological polar surface area (TPSA) is 22.1 Å². The quantitative estimate of drug-likeness (QED) is 0.707. The maximum atomic E-state index is 5.15. The summed E-state index contributed by atoms with van der Waals surface area (Å²) in [5.74, 6) is 0.898. The van der Waals surface area contributed by atoms with E-state index in [1.807, 2.05) is 13.0 Å². The van der Waals surface area contributed by atoms with Gasteiger partial charge in [-0.1, -0.05) is 15.9 Å². The molecule has 60 valence electrons. The van der Waals surface area contributed by atoms with E-state index in [2.05, 4.69) is 20.9 Å². The molecule has 0 radical (unpaired) electrons. The summed E-state index contributed by atoms with van der Waals surface area (Å²) < 4.78 is 5.15. The lowest BCUT2D eigenvalue weighted by atomic mass is 10.2. The molecule has 0 aliphatic carbocycles. The standard InChI is InChI=1S/C8H10BrNO/c1-6-7(5-9)8(11-2)3-4-10-6/h3-4H,5H2,1-2H3. The molecule has 0 amide bonds. The highest BCUT2D eigenvalue weighted by atomic mass is 79.9. The molecular weight excluding hydrogens is 206 g/mol. The Bertz CT molecular complexity index is 250. The van der Waals surface area contributed by atoms with Gasteiger partial charge < -0.3 is 4.74 Å². The van der Waals surface area contributed by atoms with Crippen LogP contribution in [0.15, 0.2) is 12.3 Å². The van der Waals surface area contributed by atoms with Crippen LogP contribution in [0.4, 0.5) is 0 Å². The number of rotatable bonds is 2. The van der Waals surface area contributed by atoms with Crippen LogP contribution >= 0.6 is 15.9 Å². The van der Waals surface area contributed by atoms with Crippen LogP contribution in [0.2, 0.25) is 0 Å². The second-order valence-corrected chi connectivity index (χ2v) is 2.77. The Hall–Kier alpha value is -0.570. The average Bonchev–Trinajstić information content (AvgIpc) is 2.04. The van der Waals surface area contributed by atoms with E-state index >= 15 is 0 Å². The normalized spacial score (nSPS) is 9.73. The lowest BCUT2D eigenvalue weighted by molar-refractivity contribution is 0.410. The monoisotopic (exact) mass is 215 g/mol. The molecule has 0 atom stereocenters. The summed E-state index contributed by atoms with van der Waals surface area (Å²) in [7, 11) is 1.67. The van der Waals surface area contributed by atoms with Crippen molar-refractivity contribution < 1.29 is 4.74 Å². The SMILES string of the molecule is COc1ccnc(C)c1CBr. The van der Waals surface area contributed by atoms with Gasteiger partial charge in [0.2, 0.25) is 0 Å². The molecule has 11 heavy (non-hydrogen) atoms. The number of methoxy groups -OCH3 is 1. The highest BCUT2D eigenvalue weighted by Gasteiger charge is 2.03. The van der Waals surface area contributed by atoms with Gasteiger partial charge in [0.25, 0.3) is 0 Å². The number of alkyl halides is 1. The van der Waals surface area contributed by atoms with E-state index in [0.717, 1.165) is 22.3 Å². The Morgan fingerprint density at radius 3 is 2.82 bits per heavy atom. The molecule has 0 saturated heterocycles. The summed E-state index contributed by atoms with van der Waals surface area (Å²) in [5, 5.41) is 0.788. The van der Waals surface area contributed by atoms with E-state index in [9.17, 15) is 0 Å². The second-order valence-electron chi connectivity index (χ2n) is 2.21. The van der Waals surface area contributed by atoms with E-state index < -0.39 is 0 Å². The predicted octanol–water partition coefficient (Wildman–Crippen LogP) is 2.29. The van der Waals surface area contributed by atoms with Gasteiger partial charge in [-0.05, 0) is 13.0 Å². The molecule has 1 aromatic heterocycles. The summed E-state index contributed by atoms with van der Waals surface area (Å²) in [5.41, 5.74) is 2.14. The molecule has 3 heteroatoms. The fourth-order valence-corrected chi connectivity index (χ4v) is 1.61. The number of aromatic nitrogens is 1. The number of aryl methyl sites for hydroxylation is 1. The number of nitrogens with zero attached hydrogens (tertiary/aromatic N) is 1. The molecule has 1 heterocycles. The summed E-state index contributed by atoms with van der Waals surface area (Å²) >= 11 is 3.38. The average molecular weight is 216 g/mol. The molecule has 0 N–H and O–H groups in total. The van der Waals surface area contributed by atoms with Crippen molar-refractivity contribution in [1.29, 1.82) is 0 Å². The third kappa shape index (κ3) is 1.71. The molecule has 0 fully saturated rings. The molecule has 0 aromatic carbocycles. The number of hydrogen-bond donors (Lipinski definition) is 0. The van der Waals surface area contributed by atoms with Gasteiger partial charge in [-0.15, -0.1) is 0 Å².